The number of ether oxygens (including phenoxy) is 1. The third-order valence-corrected chi connectivity index (χ3v) is 3.61. The summed E-state index contributed by atoms with van der Waals surface area (Å²) in [6.07, 6.45) is 4.26. The van der Waals surface area contributed by atoms with Crippen LogP contribution in [0, 0.1) is 0 Å². The summed E-state index contributed by atoms with van der Waals surface area (Å²) in [6.45, 7) is 6.88. The first-order valence-corrected chi connectivity index (χ1v) is 7.38. The van der Waals surface area contributed by atoms with Crippen molar-refractivity contribution in [1.29, 1.82) is 0 Å². The van der Waals surface area contributed by atoms with Crippen molar-refractivity contribution in [3.8, 4) is 0 Å². The Kier molecular flexibility index (Phi) is 5.28. The summed E-state index contributed by atoms with van der Waals surface area (Å²) in [5.74, 6) is -0.432. The van der Waals surface area contributed by atoms with E-state index in [4.69, 9.17) is 4.74 Å². The zero-order chi connectivity index (χ0) is 15.2. The minimum Gasteiger partial charge on any atom is -0.374 e. The maximum atomic E-state index is 12.2. The molecule has 1 atom stereocenters. The van der Waals surface area contributed by atoms with E-state index in [1.165, 1.54) is 4.90 Å². The number of carbonyl (C=O) groups excluding carboxylic acids is 2. The molecule has 0 radical (unpaired) electrons. The smallest absolute Gasteiger partial charge is 0.261 e. The Bertz CT molecular complexity index is 504. The van der Waals surface area contributed by atoms with E-state index < -0.39 is 0 Å². The Morgan fingerprint density at radius 3 is 2.38 bits per heavy atom. The van der Waals surface area contributed by atoms with Crippen molar-refractivity contribution in [2.24, 2.45) is 0 Å². The molecule has 0 aliphatic carbocycles. The minimum atomic E-state index is -0.216. The molecular weight excluding hydrogens is 266 g/mol. The van der Waals surface area contributed by atoms with E-state index >= 15 is 0 Å². The minimum absolute atomic E-state index is 0.124. The highest BCUT2D eigenvalue weighted by atomic mass is 16.5. The van der Waals surface area contributed by atoms with Crippen LogP contribution in [0.4, 0.5) is 0 Å². The van der Waals surface area contributed by atoms with E-state index in [0.29, 0.717) is 30.7 Å². The summed E-state index contributed by atoms with van der Waals surface area (Å²) >= 11 is 0. The van der Waals surface area contributed by atoms with E-state index in [0.717, 1.165) is 12.8 Å². The van der Waals surface area contributed by atoms with Crippen molar-refractivity contribution in [2.75, 3.05) is 13.2 Å². The molecule has 2 amide bonds. The molecule has 0 bridgehead atoms. The first-order valence-electron chi connectivity index (χ1n) is 7.38. The van der Waals surface area contributed by atoms with Gasteiger partial charge in [-0.2, -0.15) is 0 Å². The first kappa shape index (κ1) is 15.4. The SMILES string of the molecule is C=C[C@H](CCN1C(=O)c2ccccc2C1=O)OCCCC. The number of amides is 2. The Morgan fingerprint density at radius 1 is 1.24 bits per heavy atom. The summed E-state index contributed by atoms with van der Waals surface area (Å²) in [5.41, 5.74) is 0.981. The molecule has 1 aliphatic heterocycles. The van der Waals surface area contributed by atoms with Crippen molar-refractivity contribution < 1.29 is 14.3 Å². The molecule has 2 rings (SSSR count). The van der Waals surface area contributed by atoms with Crippen molar-refractivity contribution in [3.63, 3.8) is 0 Å². The van der Waals surface area contributed by atoms with E-state index in [1.54, 1.807) is 30.3 Å². The largest absolute Gasteiger partial charge is 0.374 e. The quantitative estimate of drug-likeness (QED) is 0.419. The number of benzene rings is 1. The molecule has 0 aromatic heterocycles. The van der Waals surface area contributed by atoms with Crippen molar-refractivity contribution in [1.82, 2.24) is 4.90 Å². The molecule has 0 N–H and O–H groups in total. The number of hydrogen-bond donors (Lipinski definition) is 0. The van der Waals surface area contributed by atoms with E-state index in [9.17, 15) is 9.59 Å². The van der Waals surface area contributed by atoms with Crippen LogP contribution in [0.5, 0.6) is 0 Å². The van der Waals surface area contributed by atoms with E-state index in [1.807, 2.05) is 0 Å². The van der Waals surface area contributed by atoms with Crippen LogP contribution in [0.15, 0.2) is 36.9 Å². The second-order valence-corrected chi connectivity index (χ2v) is 5.09. The van der Waals surface area contributed by atoms with Crippen LogP contribution in [0.1, 0.15) is 46.9 Å². The summed E-state index contributed by atoms with van der Waals surface area (Å²) in [7, 11) is 0. The molecule has 0 fully saturated rings. The van der Waals surface area contributed by atoms with Gasteiger partial charge in [-0.25, -0.2) is 0 Å². The van der Waals surface area contributed by atoms with Gasteiger partial charge in [-0.15, -0.1) is 6.58 Å². The fraction of sp³-hybridized carbons (Fsp3) is 0.412. The van der Waals surface area contributed by atoms with Crippen molar-refractivity contribution in [3.05, 3.63) is 48.0 Å². The fourth-order valence-corrected chi connectivity index (χ4v) is 2.35. The average molecular weight is 287 g/mol. The lowest BCUT2D eigenvalue weighted by Gasteiger charge is -2.18. The molecule has 4 heteroatoms. The van der Waals surface area contributed by atoms with Gasteiger partial charge in [-0.05, 0) is 25.0 Å². The number of unbranched alkanes of at least 4 members (excludes halogenated alkanes) is 1. The van der Waals surface area contributed by atoms with Gasteiger partial charge in [0.2, 0.25) is 0 Å². The molecule has 1 aliphatic rings. The van der Waals surface area contributed by atoms with E-state index in [2.05, 4.69) is 13.5 Å². The van der Waals surface area contributed by atoms with Gasteiger partial charge in [0.15, 0.2) is 0 Å². The zero-order valence-corrected chi connectivity index (χ0v) is 12.4. The third-order valence-electron chi connectivity index (χ3n) is 3.61. The van der Waals surface area contributed by atoms with Gasteiger partial charge in [0.25, 0.3) is 11.8 Å². The average Bonchev–Trinajstić information content (AvgIpc) is 2.75. The Balaban J connectivity index is 1.94. The highest BCUT2D eigenvalue weighted by Crippen LogP contribution is 2.22. The Hall–Kier alpha value is -1.94. The van der Waals surface area contributed by atoms with Crippen molar-refractivity contribution >= 4 is 11.8 Å². The summed E-state index contributed by atoms with van der Waals surface area (Å²) < 4.78 is 5.67. The van der Waals surface area contributed by atoms with Crippen LogP contribution in [-0.4, -0.2) is 36.0 Å². The fourth-order valence-electron chi connectivity index (χ4n) is 2.35. The normalized spacial score (nSPS) is 15.2. The Labute approximate surface area is 125 Å². The maximum Gasteiger partial charge on any atom is 0.261 e. The molecular formula is C17H21NO3. The molecule has 21 heavy (non-hydrogen) atoms. The number of carbonyl (C=O) groups is 2. The maximum absolute atomic E-state index is 12.2. The predicted molar refractivity (Wildman–Crippen MR) is 81.3 cm³/mol. The predicted octanol–water partition coefficient (Wildman–Crippen LogP) is 3.04. The first-order chi connectivity index (χ1) is 10.2. The van der Waals surface area contributed by atoms with E-state index in [-0.39, 0.29) is 17.9 Å². The molecule has 1 heterocycles. The third kappa shape index (κ3) is 3.39. The summed E-state index contributed by atoms with van der Waals surface area (Å²) in [5, 5.41) is 0. The zero-order valence-electron chi connectivity index (χ0n) is 12.4. The van der Waals surface area contributed by atoms with Crippen molar-refractivity contribution in [2.45, 2.75) is 32.3 Å². The van der Waals surface area contributed by atoms with Gasteiger partial charge < -0.3 is 4.74 Å². The van der Waals surface area contributed by atoms with Gasteiger partial charge in [0.05, 0.1) is 17.2 Å². The van der Waals surface area contributed by atoms with Crippen LogP contribution >= 0.6 is 0 Å². The number of imide groups is 1. The number of fused-ring (bicyclic) bond motifs is 1. The van der Waals surface area contributed by atoms with Crippen LogP contribution in [0.3, 0.4) is 0 Å². The topological polar surface area (TPSA) is 46.6 Å². The molecule has 0 spiro atoms. The standard InChI is InChI=1S/C17H21NO3/c1-3-5-12-21-13(4-2)10-11-18-16(19)14-8-6-7-9-15(14)17(18)20/h4,6-9,13H,2-3,5,10-12H2,1H3/t13-/m1/s1. The molecule has 0 saturated carbocycles. The number of rotatable bonds is 8. The lowest BCUT2D eigenvalue weighted by Crippen LogP contribution is -2.32. The molecule has 0 unspecified atom stereocenters. The Morgan fingerprint density at radius 2 is 1.86 bits per heavy atom. The molecule has 4 nitrogen and oxygen atoms in total. The van der Waals surface area contributed by atoms with Gasteiger partial charge in [-0.1, -0.05) is 31.6 Å². The number of hydrogen-bond acceptors (Lipinski definition) is 3. The highest BCUT2D eigenvalue weighted by Gasteiger charge is 2.34. The molecule has 1 aromatic rings. The number of nitrogens with zero attached hydrogens (tertiary/aromatic N) is 1. The summed E-state index contributed by atoms with van der Waals surface area (Å²) in [4.78, 5) is 25.7. The van der Waals surface area contributed by atoms with Crippen LogP contribution in [-0.2, 0) is 4.74 Å². The molecule has 112 valence electrons. The van der Waals surface area contributed by atoms with Crippen LogP contribution < -0.4 is 0 Å². The second-order valence-electron chi connectivity index (χ2n) is 5.09. The van der Waals surface area contributed by atoms with Gasteiger partial charge in [0, 0.05) is 13.2 Å². The highest BCUT2D eigenvalue weighted by molar-refractivity contribution is 6.21. The lowest BCUT2D eigenvalue weighted by molar-refractivity contribution is 0.0545. The van der Waals surface area contributed by atoms with Gasteiger partial charge >= 0.3 is 0 Å². The van der Waals surface area contributed by atoms with Crippen LogP contribution in [0.25, 0.3) is 0 Å². The summed E-state index contributed by atoms with van der Waals surface area (Å²) in [6, 6.07) is 6.93. The molecule has 1 aromatic carbocycles. The van der Waals surface area contributed by atoms with Gasteiger partial charge in [-0.3, -0.25) is 14.5 Å². The van der Waals surface area contributed by atoms with Gasteiger partial charge in [0.1, 0.15) is 0 Å². The second kappa shape index (κ2) is 7.18. The molecule has 0 saturated heterocycles. The lowest BCUT2D eigenvalue weighted by atomic mass is 10.1. The van der Waals surface area contributed by atoms with Crippen LogP contribution in [0.2, 0.25) is 0 Å². The monoisotopic (exact) mass is 287 g/mol.